The SMILES string of the molecule is O=C1OCCC1(O)Cc1cnc[nH]1. The first-order chi connectivity index (χ1) is 6.21. The molecule has 2 N–H and O–H groups in total. The van der Waals surface area contributed by atoms with E-state index in [9.17, 15) is 9.90 Å². The van der Waals surface area contributed by atoms with Crippen molar-refractivity contribution in [1.82, 2.24) is 9.97 Å². The third-order valence-corrected chi connectivity index (χ3v) is 2.17. The largest absolute Gasteiger partial charge is 0.463 e. The summed E-state index contributed by atoms with van der Waals surface area (Å²) < 4.78 is 4.69. The molecule has 1 unspecified atom stereocenters. The average Bonchev–Trinajstić information content (AvgIpc) is 2.65. The van der Waals surface area contributed by atoms with E-state index < -0.39 is 11.6 Å². The van der Waals surface area contributed by atoms with Gasteiger partial charge in [-0.1, -0.05) is 0 Å². The van der Waals surface area contributed by atoms with Gasteiger partial charge in [-0.3, -0.25) is 0 Å². The van der Waals surface area contributed by atoms with Crippen molar-refractivity contribution >= 4 is 5.97 Å². The lowest BCUT2D eigenvalue weighted by atomic mass is 9.97. The smallest absolute Gasteiger partial charge is 0.338 e. The van der Waals surface area contributed by atoms with E-state index in [0.29, 0.717) is 13.0 Å². The summed E-state index contributed by atoms with van der Waals surface area (Å²) in [5.74, 6) is -0.540. The van der Waals surface area contributed by atoms with E-state index in [1.807, 2.05) is 0 Å². The van der Waals surface area contributed by atoms with Crippen molar-refractivity contribution in [3.8, 4) is 0 Å². The molecule has 0 spiro atoms. The van der Waals surface area contributed by atoms with Crippen LogP contribution in [0.3, 0.4) is 0 Å². The van der Waals surface area contributed by atoms with Crippen LogP contribution >= 0.6 is 0 Å². The quantitative estimate of drug-likeness (QED) is 0.612. The molecule has 70 valence electrons. The zero-order chi connectivity index (χ0) is 9.31. The molecule has 0 aliphatic carbocycles. The van der Waals surface area contributed by atoms with Gasteiger partial charge in [0.25, 0.3) is 0 Å². The van der Waals surface area contributed by atoms with Gasteiger partial charge < -0.3 is 14.8 Å². The molecule has 0 aromatic carbocycles. The number of ether oxygens (including phenoxy) is 1. The van der Waals surface area contributed by atoms with Crippen molar-refractivity contribution in [2.24, 2.45) is 0 Å². The number of rotatable bonds is 2. The van der Waals surface area contributed by atoms with Gasteiger partial charge >= 0.3 is 5.97 Å². The van der Waals surface area contributed by atoms with E-state index in [2.05, 4.69) is 9.97 Å². The van der Waals surface area contributed by atoms with Crippen LogP contribution < -0.4 is 0 Å². The summed E-state index contributed by atoms with van der Waals surface area (Å²) in [5.41, 5.74) is -0.617. The molecule has 1 aliphatic rings. The predicted octanol–water partition coefficient (Wildman–Crippen LogP) is -0.370. The van der Waals surface area contributed by atoms with E-state index in [4.69, 9.17) is 4.74 Å². The Hall–Kier alpha value is -1.36. The van der Waals surface area contributed by atoms with Crippen molar-refractivity contribution in [3.05, 3.63) is 18.2 Å². The van der Waals surface area contributed by atoms with Gasteiger partial charge in [0, 0.05) is 24.7 Å². The van der Waals surface area contributed by atoms with Crippen LogP contribution in [-0.4, -0.2) is 33.3 Å². The first-order valence-electron chi connectivity index (χ1n) is 4.07. The topological polar surface area (TPSA) is 75.2 Å². The maximum atomic E-state index is 11.1. The highest BCUT2D eigenvalue weighted by atomic mass is 16.6. The standard InChI is InChI=1S/C8H10N2O3/c11-7-8(12,1-2-13-7)3-6-4-9-5-10-6/h4-5,12H,1-3H2,(H,9,10). The first kappa shape index (κ1) is 8.25. The monoisotopic (exact) mass is 182 g/mol. The van der Waals surface area contributed by atoms with Gasteiger partial charge in [0.15, 0.2) is 5.60 Å². The number of cyclic esters (lactones) is 1. The Bertz CT molecular complexity index is 309. The van der Waals surface area contributed by atoms with E-state index in [1.165, 1.54) is 6.33 Å². The highest BCUT2D eigenvalue weighted by Gasteiger charge is 2.42. The van der Waals surface area contributed by atoms with E-state index in [0.717, 1.165) is 5.69 Å². The van der Waals surface area contributed by atoms with Crippen molar-refractivity contribution in [3.63, 3.8) is 0 Å². The molecule has 13 heavy (non-hydrogen) atoms. The van der Waals surface area contributed by atoms with E-state index in [1.54, 1.807) is 6.20 Å². The maximum absolute atomic E-state index is 11.1. The van der Waals surface area contributed by atoms with Crippen LogP contribution in [0.4, 0.5) is 0 Å². The lowest BCUT2D eigenvalue weighted by Gasteiger charge is -2.15. The Balaban J connectivity index is 2.13. The Kier molecular flexibility index (Phi) is 1.81. The number of aromatic nitrogens is 2. The number of aromatic amines is 1. The van der Waals surface area contributed by atoms with Crippen LogP contribution in [-0.2, 0) is 16.0 Å². The number of nitrogens with zero attached hydrogens (tertiary/aromatic N) is 1. The maximum Gasteiger partial charge on any atom is 0.338 e. The second-order valence-electron chi connectivity index (χ2n) is 3.17. The molecule has 2 heterocycles. The van der Waals surface area contributed by atoms with Crippen LogP contribution in [0.5, 0.6) is 0 Å². The fourth-order valence-electron chi connectivity index (χ4n) is 1.41. The van der Waals surface area contributed by atoms with Crippen LogP contribution in [0, 0.1) is 0 Å². The minimum atomic E-state index is -1.35. The average molecular weight is 182 g/mol. The molecule has 1 saturated heterocycles. The molecule has 0 saturated carbocycles. The van der Waals surface area contributed by atoms with Crippen LogP contribution in [0.2, 0.25) is 0 Å². The minimum Gasteiger partial charge on any atom is -0.463 e. The Morgan fingerprint density at radius 2 is 2.62 bits per heavy atom. The number of aliphatic hydroxyl groups is 1. The van der Waals surface area contributed by atoms with Gasteiger partial charge in [-0.2, -0.15) is 0 Å². The van der Waals surface area contributed by atoms with E-state index >= 15 is 0 Å². The molecule has 0 radical (unpaired) electrons. The lowest BCUT2D eigenvalue weighted by Crippen LogP contribution is -2.36. The Morgan fingerprint density at radius 3 is 3.15 bits per heavy atom. The molecule has 1 fully saturated rings. The number of imidazole rings is 1. The normalized spacial score (nSPS) is 27.6. The van der Waals surface area contributed by atoms with Crippen molar-refractivity contribution in [1.29, 1.82) is 0 Å². The van der Waals surface area contributed by atoms with Gasteiger partial charge in [-0.25, -0.2) is 9.78 Å². The Morgan fingerprint density at radius 1 is 1.77 bits per heavy atom. The molecule has 1 aromatic heterocycles. The molecule has 0 amide bonds. The van der Waals surface area contributed by atoms with Crippen molar-refractivity contribution < 1.29 is 14.6 Å². The summed E-state index contributed by atoms with van der Waals surface area (Å²) in [5, 5.41) is 9.81. The highest BCUT2D eigenvalue weighted by Crippen LogP contribution is 2.23. The Labute approximate surface area is 74.7 Å². The van der Waals surface area contributed by atoms with Crippen LogP contribution in [0.1, 0.15) is 12.1 Å². The summed E-state index contributed by atoms with van der Waals surface area (Å²) in [6, 6.07) is 0. The number of hydrogen-bond acceptors (Lipinski definition) is 4. The number of carbonyl (C=O) groups is 1. The molecule has 1 atom stereocenters. The van der Waals surface area contributed by atoms with E-state index in [-0.39, 0.29) is 6.42 Å². The molecule has 0 bridgehead atoms. The second-order valence-corrected chi connectivity index (χ2v) is 3.17. The first-order valence-corrected chi connectivity index (χ1v) is 4.07. The number of hydrogen-bond donors (Lipinski definition) is 2. The number of esters is 1. The zero-order valence-corrected chi connectivity index (χ0v) is 6.99. The fourth-order valence-corrected chi connectivity index (χ4v) is 1.41. The molecule has 1 aliphatic heterocycles. The number of H-pyrrole nitrogens is 1. The van der Waals surface area contributed by atoms with Gasteiger partial charge in [0.1, 0.15) is 0 Å². The molecular weight excluding hydrogens is 172 g/mol. The second kappa shape index (κ2) is 2.85. The van der Waals surface area contributed by atoms with Gasteiger partial charge in [0.2, 0.25) is 0 Å². The van der Waals surface area contributed by atoms with Gasteiger partial charge in [-0.15, -0.1) is 0 Å². The summed E-state index contributed by atoms with van der Waals surface area (Å²) in [6.45, 7) is 0.295. The summed E-state index contributed by atoms with van der Waals surface area (Å²) in [4.78, 5) is 17.7. The summed E-state index contributed by atoms with van der Waals surface area (Å²) in [6.07, 6.45) is 3.69. The fraction of sp³-hybridized carbons (Fsp3) is 0.500. The molecular formula is C8H10N2O3. The lowest BCUT2D eigenvalue weighted by molar-refractivity contribution is -0.152. The third-order valence-electron chi connectivity index (χ3n) is 2.17. The van der Waals surface area contributed by atoms with Crippen molar-refractivity contribution in [2.75, 3.05) is 6.61 Å². The highest BCUT2D eigenvalue weighted by molar-refractivity contribution is 5.81. The summed E-state index contributed by atoms with van der Waals surface area (Å²) >= 11 is 0. The summed E-state index contributed by atoms with van der Waals surface area (Å²) in [7, 11) is 0. The third kappa shape index (κ3) is 1.42. The van der Waals surface area contributed by atoms with Crippen molar-refractivity contribution in [2.45, 2.75) is 18.4 Å². The molecule has 5 nitrogen and oxygen atoms in total. The molecule has 1 aromatic rings. The molecule has 5 heteroatoms. The number of carbonyl (C=O) groups excluding carboxylic acids is 1. The molecule has 2 rings (SSSR count). The zero-order valence-electron chi connectivity index (χ0n) is 6.99. The van der Waals surface area contributed by atoms with Gasteiger partial charge in [-0.05, 0) is 0 Å². The minimum absolute atomic E-state index is 0.242. The van der Waals surface area contributed by atoms with Crippen LogP contribution in [0.15, 0.2) is 12.5 Å². The van der Waals surface area contributed by atoms with Gasteiger partial charge in [0.05, 0.1) is 12.9 Å². The van der Waals surface area contributed by atoms with Crippen LogP contribution in [0.25, 0.3) is 0 Å². The predicted molar refractivity (Wildman–Crippen MR) is 42.8 cm³/mol. The number of nitrogens with one attached hydrogen (secondary N) is 1.